The quantitative estimate of drug-likeness (QED) is 0.387. The summed E-state index contributed by atoms with van der Waals surface area (Å²) in [6.07, 6.45) is 0. The van der Waals surface area contributed by atoms with Crippen LogP contribution in [-0.4, -0.2) is 33.3 Å². The zero-order valence-electron chi connectivity index (χ0n) is 9.51. The van der Waals surface area contributed by atoms with Gasteiger partial charge in [0.15, 0.2) is 0 Å². The highest BCUT2D eigenvalue weighted by atomic mass is 32.2. The first-order chi connectivity index (χ1) is 7.97. The predicted molar refractivity (Wildman–Crippen MR) is 64.2 cm³/mol. The normalized spacial score (nSPS) is 11.6. The molecule has 0 radical (unpaired) electrons. The van der Waals surface area contributed by atoms with E-state index in [2.05, 4.69) is 4.72 Å². The van der Waals surface area contributed by atoms with Crippen molar-refractivity contribution in [3.8, 4) is 5.75 Å². The Morgan fingerprint density at radius 2 is 2.18 bits per heavy atom. The number of phenolic OH excluding ortho intramolecular Hbond substituents is 1. The van der Waals surface area contributed by atoms with Crippen molar-refractivity contribution in [2.75, 3.05) is 25.5 Å². The summed E-state index contributed by atoms with van der Waals surface area (Å²) in [6.45, 7) is 2.86. The monoisotopic (exact) mass is 260 g/mol. The van der Waals surface area contributed by atoms with E-state index in [4.69, 9.17) is 10.5 Å². The lowest BCUT2D eigenvalue weighted by atomic mass is 10.3. The van der Waals surface area contributed by atoms with E-state index in [-0.39, 0.29) is 22.9 Å². The average molecular weight is 260 g/mol. The minimum absolute atomic E-state index is 0.0179. The fourth-order valence-electron chi connectivity index (χ4n) is 1.18. The number of nitrogen functional groups attached to an aromatic ring is 1. The zero-order valence-corrected chi connectivity index (χ0v) is 10.3. The highest BCUT2D eigenvalue weighted by molar-refractivity contribution is 7.89. The molecule has 0 heterocycles. The highest BCUT2D eigenvalue weighted by Gasteiger charge is 2.14. The van der Waals surface area contributed by atoms with Crippen molar-refractivity contribution in [3.63, 3.8) is 0 Å². The first-order valence-electron chi connectivity index (χ1n) is 5.13. The molecule has 0 saturated heterocycles. The van der Waals surface area contributed by atoms with Gasteiger partial charge in [-0.25, -0.2) is 13.1 Å². The number of ether oxygens (including phenoxy) is 1. The Hall–Kier alpha value is -1.31. The zero-order chi connectivity index (χ0) is 12.9. The van der Waals surface area contributed by atoms with E-state index < -0.39 is 10.0 Å². The molecule has 0 saturated carbocycles. The average Bonchev–Trinajstić information content (AvgIpc) is 2.28. The molecule has 0 atom stereocenters. The van der Waals surface area contributed by atoms with Crippen molar-refractivity contribution < 1.29 is 18.3 Å². The molecule has 0 fully saturated rings. The molecule has 7 heteroatoms. The first-order valence-corrected chi connectivity index (χ1v) is 6.61. The van der Waals surface area contributed by atoms with Crippen LogP contribution in [0.2, 0.25) is 0 Å². The third kappa shape index (κ3) is 3.88. The van der Waals surface area contributed by atoms with Crippen LogP contribution < -0.4 is 10.5 Å². The van der Waals surface area contributed by atoms with E-state index in [1.165, 1.54) is 18.2 Å². The Morgan fingerprint density at radius 1 is 1.47 bits per heavy atom. The summed E-state index contributed by atoms with van der Waals surface area (Å²) in [4.78, 5) is 0.0179. The van der Waals surface area contributed by atoms with Gasteiger partial charge >= 0.3 is 0 Å². The van der Waals surface area contributed by atoms with Crippen molar-refractivity contribution in [3.05, 3.63) is 18.2 Å². The van der Waals surface area contributed by atoms with Gasteiger partial charge in [-0.05, 0) is 25.1 Å². The lowest BCUT2D eigenvalue weighted by molar-refractivity contribution is 0.153. The fourth-order valence-corrected chi connectivity index (χ4v) is 2.22. The fraction of sp³-hybridized carbons (Fsp3) is 0.400. The van der Waals surface area contributed by atoms with Gasteiger partial charge in [0.05, 0.1) is 17.2 Å². The van der Waals surface area contributed by atoms with E-state index in [1.54, 1.807) is 0 Å². The minimum Gasteiger partial charge on any atom is -0.506 e. The number of sulfonamides is 1. The molecular weight excluding hydrogens is 244 g/mol. The largest absolute Gasteiger partial charge is 0.506 e. The Labute approximate surface area is 100 Å². The maximum Gasteiger partial charge on any atom is 0.240 e. The molecule has 0 aromatic heterocycles. The lowest BCUT2D eigenvalue weighted by Crippen LogP contribution is -2.27. The molecule has 96 valence electrons. The second-order valence-electron chi connectivity index (χ2n) is 3.32. The molecule has 1 aromatic carbocycles. The van der Waals surface area contributed by atoms with E-state index in [0.29, 0.717) is 13.2 Å². The van der Waals surface area contributed by atoms with Gasteiger partial charge in [0, 0.05) is 13.2 Å². The molecular formula is C10H16N2O4S. The molecule has 0 aliphatic carbocycles. The van der Waals surface area contributed by atoms with Crippen LogP contribution in [0.1, 0.15) is 6.92 Å². The number of nitrogens with one attached hydrogen (secondary N) is 1. The maximum atomic E-state index is 11.8. The van der Waals surface area contributed by atoms with Gasteiger partial charge in [0.25, 0.3) is 0 Å². The molecule has 0 aliphatic rings. The van der Waals surface area contributed by atoms with Gasteiger partial charge in [-0.1, -0.05) is 0 Å². The van der Waals surface area contributed by atoms with Gasteiger partial charge in [-0.3, -0.25) is 0 Å². The summed E-state index contributed by atoms with van der Waals surface area (Å²) in [5, 5.41) is 9.20. The van der Waals surface area contributed by atoms with Crippen LogP contribution in [0.25, 0.3) is 0 Å². The topological polar surface area (TPSA) is 102 Å². The van der Waals surface area contributed by atoms with Gasteiger partial charge in [0.1, 0.15) is 5.75 Å². The molecule has 1 aromatic rings. The van der Waals surface area contributed by atoms with Crippen LogP contribution in [0.15, 0.2) is 23.1 Å². The third-order valence-corrected chi connectivity index (χ3v) is 3.51. The smallest absolute Gasteiger partial charge is 0.240 e. The Morgan fingerprint density at radius 3 is 2.76 bits per heavy atom. The van der Waals surface area contributed by atoms with Crippen molar-refractivity contribution in [2.24, 2.45) is 0 Å². The molecule has 0 amide bonds. The maximum absolute atomic E-state index is 11.8. The lowest BCUT2D eigenvalue weighted by Gasteiger charge is -2.08. The summed E-state index contributed by atoms with van der Waals surface area (Å²) in [7, 11) is -3.60. The standard InChI is InChI=1S/C10H16N2O4S/c1-2-16-6-5-12-17(14,15)8-3-4-10(13)9(11)7-8/h3-4,7,12-13H,2,5-6,11H2,1H3. The Kier molecular flexibility index (Phi) is 4.73. The molecule has 0 spiro atoms. The second kappa shape index (κ2) is 5.85. The Bertz CT molecular complexity index is 473. The van der Waals surface area contributed by atoms with Crippen molar-refractivity contribution >= 4 is 15.7 Å². The van der Waals surface area contributed by atoms with Crippen LogP contribution in [-0.2, 0) is 14.8 Å². The van der Waals surface area contributed by atoms with Crippen molar-refractivity contribution in [2.45, 2.75) is 11.8 Å². The molecule has 17 heavy (non-hydrogen) atoms. The number of aromatic hydroxyl groups is 1. The number of nitrogens with two attached hydrogens (primary N) is 1. The number of anilines is 1. The molecule has 4 N–H and O–H groups in total. The Balaban J connectivity index is 2.72. The summed E-state index contributed by atoms with van der Waals surface area (Å²) >= 11 is 0. The minimum atomic E-state index is -3.60. The van der Waals surface area contributed by atoms with E-state index in [0.717, 1.165) is 0 Å². The third-order valence-electron chi connectivity index (χ3n) is 2.05. The summed E-state index contributed by atoms with van der Waals surface area (Å²) < 4.78 is 30.9. The van der Waals surface area contributed by atoms with Crippen LogP contribution in [0, 0.1) is 0 Å². The van der Waals surface area contributed by atoms with E-state index >= 15 is 0 Å². The van der Waals surface area contributed by atoms with Crippen LogP contribution in [0.4, 0.5) is 5.69 Å². The molecule has 0 aliphatic heterocycles. The SMILES string of the molecule is CCOCCNS(=O)(=O)c1ccc(O)c(N)c1. The van der Waals surface area contributed by atoms with E-state index in [9.17, 15) is 13.5 Å². The van der Waals surface area contributed by atoms with Gasteiger partial charge in [-0.2, -0.15) is 0 Å². The number of rotatable bonds is 6. The second-order valence-corrected chi connectivity index (χ2v) is 5.08. The van der Waals surface area contributed by atoms with Gasteiger partial charge in [-0.15, -0.1) is 0 Å². The molecule has 1 rings (SSSR count). The van der Waals surface area contributed by atoms with Crippen molar-refractivity contribution in [1.82, 2.24) is 4.72 Å². The summed E-state index contributed by atoms with van der Waals surface area (Å²) in [6, 6.07) is 3.74. The first kappa shape index (κ1) is 13.8. The van der Waals surface area contributed by atoms with Crippen LogP contribution in [0.5, 0.6) is 5.75 Å². The summed E-state index contributed by atoms with van der Waals surface area (Å²) in [5.74, 6) is -0.140. The summed E-state index contributed by atoms with van der Waals surface area (Å²) in [5.41, 5.74) is 5.45. The van der Waals surface area contributed by atoms with Crippen LogP contribution >= 0.6 is 0 Å². The van der Waals surface area contributed by atoms with Crippen molar-refractivity contribution in [1.29, 1.82) is 0 Å². The number of phenols is 1. The number of hydrogen-bond donors (Lipinski definition) is 3. The van der Waals surface area contributed by atoms with E-state index in [1.807, 2.05) is 6.92 Å². The predicted octanol–water partition coefficient (Wildman–Crippen LogP) is 0.289. The molecule has 6 nitrogen and oxygen atoms in total. The number of hydrogen-bond acceptors (Lipinski definition) is 5. The van der Waals surface area contributed by atoms with Gasteiger partial charge < -0.3 is 15.6 Å². The molecule has 0 unspecified atom stereocenters. The van der Waals surface area contributed by atoms with Crippen LogP contribution in [0.3, 0.4) is 0 Å². The van der Waals surface area contributed by atoms with Gasteiger partial charge in [0.2, 0.25) is 10.0 Å². The molecule has 0 bridgehead atoms. The highest BCUT2D eigenvalue weighted by Crippen LogP contribution is 2.22. The number of benzene rings is 1.